The van der Waals surface area contributed by atoms with Gasteiger partial charge in [-0.1, -0.05) is 58.8 Å². The maximum atomic E-state index is 3.68. The monoisotopic (exact) mass is 410 g/mol. The van der Waals surface area contributed by atoms with E-state index >= 15 is 0 Å². The summed E-state index contributed by atoms with van der Waals surface area (Å²) in [6.07, 6.45) is 18.0. The van der Waals surface area contributed by atoms with E-state index in [2.05, 4.69) is 35.1 Å². The molecule has 4 N–H and O–H groups in total. The number of hydrogen-bond acceptors (Lipinski definition) is 4. The fourth-order valence-electron chi connectivity index (χ4n) is 4.07. The van der Waals surface area contributed by atoms with Crippen LogP contribution in [0.25, 0.3) is 0 Å². The van der Waals surface area contributed by atoms with E-state index in [1.54, 1.807) is 0 Å². The molecular weight excluding hydrogens is 356 g/mol. The van der Waals surface area contributed by atoms with Crippen LogP contribution in [0.4, 0.5) is 0 Å². The van der Waals surface area contributed by atoms with Crippen LogP contribution in [0.2, 0.25) is 0 Å². The van der Waals surface area contributed by atoms with Crippen molar-refractivity contribution in [2.75, 3.05) is 52.4 Å². The van der Waals surface area contributed by atoms with Crippen LogP contribution in [0, 0.1) is 11.8 Å². The van der Waals surface area contributed by atoms with Gasteiger partial charge in [-0.3, -0.25) is 0 Å². The molecule has 0 radical (unpaired) electrons. The first-order chi connectivity index (χ1) is 14.4. The highest BCUT2D eigenvalue weighted by molar-refractivity contribution is 4.89. The lowest BCUT2D eigenvalue weighted by molar-refractivity contribution is 0.523. The van der Waals surface area contributed by atoms with E-state index in [0.717, 1.165) is 18.4 Å². The second-order valence-electron chi connectivity index (χ2n) is 9.16. The van der Waals surface area contributed by atoms with E-state index in [-0.39, 0.29) is 0 Å². The third-order valence-electron chi connectivity index (χ3n) is 6.25. The lowest BCUT2D eigenvalue weighted by atomic mass is 10.1. The highest BCUT2D eigenvalue weighted by atomic mass is 14.9. The summed E-state index contributed by atoms with van der Waals surface area (Å²) in [5.74, 6) is 1.87. The summed E-state index contributed by atoms with van der Waals surface area (Å²) in [5, 5.41) is 14.3. The average Bonchev–Trinajstić information content (AvgIpc) is 3.48. The maximum absolute atomic E-state index is 3.68. The van der Waals surface area contributed by atoms with Crippen molar-refractivity contribution in [2.45, 2.75) is 97.3 Å². The number of nitrogens with one attached hydrogen (secondary N) is 4. The Morgan fingerprint density at radius 3 is 1.41 bits per heavy atom. The number of unbranched alkanes of at least 4 members (excludes halogenated alkanes) is 9. The molecule has 0 saturated heterocycles. The zero-order valence-electron chi connectivity index (χ0n) is 20.0. The van der Waals surface area contributed by atoms with E-state index in [0.29, 0.717) is 0 Å². The van der Waals surface area contributed by atoms with Crippen LogP contribution >= 0.6 is 0 Å². The van der Waals surface area contributed by atoms with Gasteiger partial charge in [0.2, 0.25) is 0 Å². The summed E-state index contributed by atoms with van der Waals surface area (Å²) < 4.78 is 0. The van der Waals surface area contributed by atoms with Gasteiger partial charge in [-0.25, -0.2) is 0 Å². The highest BCUT2D eigenvalue weighted by Gasteiger charge is 2.35. The van der Waals surface area contributed by atoms with E-state index in [4.69, 9.17) is 0 Å². The molecule has 0 amide bonds. The largest absolute Gasteiger partial charge is 0.317 e. The van der Waals surface area contributed by atoms with Crippen LogP contribution in [0.5, 0.6) is 0 Å². The summed E-state index contributed by atoms with van der Waals surface area (Å²) in [7, 11) is 0. The molecule has 0 spiro atoms. The molecule has 0 aromatic carbocycles. The van der Waals surface area contributed by atoms with Gasteiger partial charge >= 0.3 is 0 Å². The van der Waals surface area contributed by atoms with Gasteiger partial charge < -0.3 is 21.3 Å². The fourth-order valence-corrected chi connectivity index (χ4v) is 4.07. The molecule has 174 valence electrons. The molecule has 29 heavy (non-hydrogen) atoms. The lowest BCUT2D eigenvalue weighted by Gasteiger charge is -2.07. The van der Waals surface area contributed by atoms with Gasteiger partial charge in [-0.05, 0) is 103 Å². The molecule has 1 saturated carbocycles. The Bertz CT molecular complexity index is 324. The van der Waals surface area contributed by atoms with Crippen LogP contribution in [-0.2, 0) is 0 Å². The van der Waals surface area contributed by atoms with Gasteiger partial charge in [0.15, 0.2) is 0 Å². The molecule has 1 aliphatic rings. The molecule has 1 fully saturated rings. The molecule has 1 rings (SSSR count). The predicted molar refractivity (Wildman–Crippen MR) is 130 cm³/mol. The van der Waals surface area contributed by atoms with Crippen molar-refractivity contribution in [1.82, 2.24) is 21.3 Å². The molecule has 0 unspecified atom stereocenters. The first-order valence-electron chi connectivity index (χ1n) is 13.2. The molecular formula is C25H54N4. The first kappa shape index (κ1) is 26.9. The Morgan fingerprint density at radius 2 is 0.897 bits per heavy atom. The third kappa shape index (κ3) is 18.3. The van der Waals surface area contributed by atoms with Gasteiger partial charge in [0.1, 0.15) is 0 Å². The van der Waals surface area contributed by atoms with Gasteiger partial charge in [0, 0.05) is 0 Å². The van der Waals surface area contributed by atoms with Crippen molar-refractivity contribution < 1.29 is 0 Å². The predicted octanol–water partition coefficient (Wildman–Crippen LogP) is 4.70. The van der Waals surface area contributed by atoms with Crippen LogP contribution in [0.3, 0.4) is 0 Å². The van der Waals surface area contributed by atoms with Crippen molar-refractivity contribution in [3.05, 3.63) is 0 Å². The molecule has 0 aromatic heterocycles. The topological polar surface area (TPSA) is 48.1 Å². The van der Waals surface area contributed by atoms with Gasteiger partial charge in [0.25, 0.3) is 0 Å². The second kappa shape index (κ2) is 21.1. The summed E-state index contributed by atoms with van der Waals surface area (Å²) in [6.45, 7) is 14.0. The Kier molecular flexibility index (Phi) is 19.5. The minimum atomic E-state index is 0.935. The molecule has 4 heteroatoms. The zero-order chi connectivity index (χ0) is 20.8. The van der Waals surface area contributed by atoms with Crippen molar-refractivity contribution in [1.29, 1.82) is 0 Å². The van der Waals surface area contributed by atoms with Crippen LogP contribution in [-0.4, -0.2) is 52.4 Å². The normalized spacial score (nSPS) is 18.4. The summed E-state index contributed by atoms with van der Waals surface area (Å²) in [5.41, 5.74) is 0. The van der Waals surface area contributed by atoms with Crippen LogP contribution in [0.1, 0.15) is 97.3 Å². The van der Waals surface area contributed by atoms with E-state index in [1.807, 2.05) is 0 Å². The lowest BCUT2D eigenvalue weighted by Crippen LogP contribution is -2.24. The van der Waals surface area contributed by atoms with E-state index in [1.165, 1.54) is 129 Å². The Hall–Kier alpha value is -0.160. The summed E-state index contributed by atoms with van der Waals surface area (Å²) >= 11 is 0. The summed E-state index contributed by atoms with van der Waals surface area (Å²) in [6, 6.07) is 0. The molecule has 2 atom stereocenters. The second-order valence-corrected chi connectivity index (χ2v) is 9.16. The minimum absolute atomic E-state index is 0.935. The Morgan fingerprint density at radius 1 is 0.483 bits per heavy atom. The third-order valence-corrected chi connectivity index (χ3v) is 6.25. The highest BCUT2D eigenvalue weighted by Crippen LogP contribution is 2.37. The van der Waals surface area contributed by atoms with Gasteiger partial charge in [0.05, 0.1) is 0 Å². The van der Waals surface area contributed by atoms with Crippen molar-refractivity contribution in [3.63, 3.8) is 0 Å². The standard InChI is InChI=1S/C25H54N4/c1-3-5-6-7-8-9-10-11-17-27-18-13-15-20-29-23-25-21-24(25)22-28-19-14-12-16-26-4-2/h24-29H,3-23H2,1-2H3/t24-,25-/m1/s1. The number of hydrogen-bond donors (Lipinski definition) is 4. The molecule has 0 aliphatic heterocycles. The van der Waals surface area contributed by atoms with Crippen LogP contribution < -0.4 is 21.3 Å². The van der Waals surface area contributed by atoms with Crippen molar-refractivity contribution in [3.8, 4) is 0 Å². The van der Waals surface area contributed by atoms with Crippen molar-refractivity contribution >= 4 is 0 Å². The maximum Gasteiger partial charge on any atom is -0.00173 e. The molecule has 0 aromatic rings. The molecule has 0 bridgehead atoms. The quantitative estimate of drug-likeness (QED) is 0.174. The molecule has 1 aliphatic carbocycles. The van der Waals surface area contributed by atoms with E-state index < -0.39 is 0 Å². The smallest absolute Gasteiger partial charge is 0.00173 e. The van der Waals surface area contributed by atoms with Crippen molar-refractivity contribution in [2.24, 2.45) is 11.8 Å². The summed E-state index contributed by atoms with van der Waals surface area (Å²) in [4.78, 5) is 0. The number of rotatable bonds is 24. The zero-order valence-corrected chi connectivity index (χ0v) is 20.0. The average molecular weight is 411 g/mol. The minimum Gasteiger partial charge on any atom is -0.317 e. The van der Waals surface area contributed by atoms with Crippen LogP contribution in [0.15, 0.2) is 0 Å². The molecule has 4 nitrogen and oxygen atoms in total. The Balaban J connectivity index is 1.68. The first-order valence-corrected chi connectivity index (χ1v) is 13.2. The van der Waals surface area contributed by atoms with Gasteiger partial charge in [-0.15, -0.1) is 0 Å². The Labute approximate surface area is 183 Å². The SMILES string of the molecule is CCCCCCCCCCNCCCCNC[C@H]1C[C@@H]1CNCCCCNCC. The van der Waals surface area contributed by atoms with E-state index in [9.17, 15) is 0 Å². The van der Waals surface area contributed by atoms with Gasteiger partial charge in [-0.2, -0.15) is 0 Å². The fraction of sp³-hybridized carbons (Fsp3) is 1.00. The molecule has 0 heterocycles.